The lowest BCUT2D eigenvalue weighted by Gasteiger charge is -2.22. The first-order valence-electron chi connectivity index (χ1n) is 5.47. The Morgan fingerprint density at radius 3 is 2.72 bits per heavy atom. The summed E-state index contributed by atoms with van der Waals surface area (Å²) in [6, 6.07) is 0. The number of hydrogen-bond donors (Lipinski definition) is 2. The standard InChI is InChI=1S/C11H18N4O3/c1-11(2,17-3)4-7-18-10-8(9(12)15-16)13-5-6-14-10/h5-6,16H,4,7H2,1-3H3,(H2,12,15). The first-order chi connectivity index (χ1) is 8.50. The van der Waals surface area contributed by atoms with E-state index in [4.69, 9.17) is 20.4 Å². The summed E-state index contributed by atoms with van der Waals surface area (Å²) in [4.78, 5) is 7.95. The van der Waals surface area contributed by atoms with Gasteiger partial charge in [-0.05, 0) is 13.8 Å². The zero-order valence-electron chi connectivity index (χ0n) is 10.8. The molecule has 0 aromatic carbocycles. The van der Waals surface area contributed by atoms with Crippen molar-refractivity contribution in [1.82, 2.24) is 9.97 Å². The van der Waals surface area contributed by atoms with Crippen molar-refractivity contribution in [2.45, 2.75) is 25.9 Å². The van der Waals surface area contributed by atoms with Gasteiger partial charge in [0.25, 0.3) is 0 Å². The maximum absolute atomic E-state index is 8.63. The minimum absolute atomic E-state index is 0.135. The van der Waals surface area contributed by atoms with E-state index in [9.17, 15) is 0 Å². The zero-order chi connectivity index (χ0) is 13.6. The monoisotopic (exact) mass is 254 g/mol. The summed E-state index contributed by atoms with van der Waals surface area (Å²) in [6.07, 6.45) is 3.60. The summed E-state index contributed by atoms with van der Waals surface area (Å²) >= 11 is 0. The van der Waals surface area contributed by atoms with Gasteiger partial charge in [0.1, 0.15) is 0 Å². The summed E-state index contributed by atoms with van der Waals surface area (Å²) in [6.45, 7) is 4.31. The van der Waals surface area contributed by atoms with Crippen molar-refractivity contribution in [1.29, 1.82) is 0 Å². The van der Waals surface area contributed by atoms with E-state index in [2.05, 4.69) is 15.1 Å². The predicted octanol–water partition coefficient (Wildman–Crippen LogP) is 0.765. The van der Waals surface area contributed by atoms with Crippen LogP contribution in [0.15, 0.2) is 17.5 Å². The Balaban J connectivity index is 2.68. The Kier molecular flexibility index (Phi) is 4.85. The third-order valence-electron chi connectivity index (χ3n) is 2.51. The molecule has 7 heteroatoms. The predicted molar refractivity (Wildman–Crippen MR) is 65.7 cm³/mol. The summed E-state index contributed by atoms with van der Waals surface area (Å²) in [5.41, 5.74) is 5.41. The molecular weight excluding hydrogens is 236 g/mol. The quantitative estimate of drug-likeness (QED) is 0.336. The van der Waals surface area contributed by atoms with E-state index in [0.29, 0.717) is 13.0 Å². The number of aromatic nitrogens is 2. The fourth-order valence-corrected chi connectivity index (χ4v) is 1.15. The maximum Gasteiger partial charge on any atom is 0.243 e. The van der Waals surface area contributed by atoms with Gasteiger partial charge in [0.05, 0.1) is 12.2 Å². The Morgan fingerprint density at radius 2 is 2.11 bits per heavy atom. The molecule has 100 valence electrons. The summed E-state index contributed by atoms with van der Waals surface area (Å²) < 4.78 is 10.7. The highest BCUT2D eigenvalue weighted by Crippen LogP contribution is 2.16. The van der Waals surface area contributed by atoms with Crippen LogP contribution in [0.2, 0.25) is 0 Å². The van der Waals surface area contributed by atoms with Crippen molar-refractivity contribution in [2.75, 3.05) is 13.7 Å². The molecule has 7 nitrogen and oxygen atoms in total. The highest BCUT2D eigenvalue weighted by atomic mass is 16.5. The molecule has 1 aromatic rings. The highest BCUT2D eigenvalue weighted by molar-refractivity contribution is 5.97. The van der Waals surface area contributed by atoms with E-state index in [1.54, 1.807) is 7.11 Å². The normalized spacial score (nSPS) is 12.5. The second-order valence-corrected chi connectivity index (χ2v) is 4.26. The average Bonchev–Trinajstić information content (AvgIpc) is 2.38. The number of rotatable bonds is 6. The molecule has 0 fully saturated rings. The van der Waals surface area contributed by atoms with Crippen LogP contribution in [0.3, 0.4) is 0 Å². The number of nitrogens with zero attached hydrogens (tertiary/aromatic N) is 3. The van der Waals surface area contributed by atoms with Crippen molar-refractivity contribution in [3.63, 3.8) is 0 Å². The third-order valence-corrected chi connectivity index (χ3v) is 2.51. The van der Waals surface area contributed by atoms with E-state index in [1.807, 2.05) is 13.8 Å². The molecule has 3 N–H and O–H groups in total. The van der Waals surface area contributed by atoms with E-state index < -0.39 is 0 Å². The van der Waals surface area contributed by atoms with Gasteiger partial charge in [-0.15, -0.1) is 0 Å². The van der Waals surface area contributed by atoms with Crippen LogP contribution in [0, 0.1) is 0 Å². The van der Waals surface area contributed by atoms with Crippen molar-refractivity contribution < 1.29 is 14.7 Å². The summed E-state index contributed by atoms with van der Waals surface area (Å²) in [7, 11) is 1.64. The molecule has 0 aliphatic heterocycles. The molecule has 0 atom stereocenters. The van der Waals surface area contributed by atoms with Gasteiger partial charge in [-0.3, -0.25) is 0 Å². The van der Waals surface area contributed by atoms with Crippen LogP contribution in [0.5, 0.6) is 5.88 Å². The van der Waals surface area contributed by atoms with Crippen LogP contribution in [-0.2, 0) is 4.74 Å². The minimum atomic E-state index is -0.279. The van der Waals surface area contributed by atoms with E-state index >= 15 is 0 Å². The Bertz CT molecular complexity index is 421. The molecule has 1 rings (SSSR count). The molecule has 0 saturated heterocycles. The molecule has 0 aliphatic carbocycles. The minimum Gasteiger partial charge on any atom is -0.476 e. The molecule has 1 aromatic heterocycles. The molecule has 0 bridgehead atoms. The maximum atomic E-state index is 8.63. The average molecular weight is 254 g/mol. The van der Waals surface area contributed by atoms with Crippen molar-refractivity contribution in [3.05, 3.63) is 18.1 Å². The number of methoxy groups -OCH3 is 1. The van der Waals surface area contributed by atoms with Gasteiger partial charge in [-0.2, -0.15) is 0 Å². The van der Waals surface area contributed by atoms with Crippen LogP contribution in [-0.4, -0.2) is 40.3 Å². The van der Waals surface area contributed by atoms with E-state index in [-0.39, 0.29) is 23.0 Å². The van der Waals surface area contributed by atoms with E-state index in [0.717, 1.165) is 0 Å². The number of amidine groups is 1. The fourth-order valence-electron chi connectivity index (χ4n) is 1.15. The van der Waals surface area contributed by atoms with Crippen molar-refractivity contribution >= 4 is 5.84 Å². The molecule has 0 saturated carbocycles. The summed E-state index contributed by atoms with van der Waals surface area (Å²) in [5.74, 6) is 0.101. The van der Waals surface area contributed by atoms with Gasteiger partial charge >= 0.3 is 0 Å². The Labute approximate surface area is 106 Å². The highest BCUT2D eigenvalue weighted by Gasteiger charge is 2.17. The molecular formula is C11H18N4O3. The van der Waals surface area contributed by atoms with Gasteiger partial charge in [-0.25, -0.2) is 9.97 Å². The number of oxime groups is 1. The van der Waals surface area contributed by atoms with Gasteiger partial charge in [0.15, 0.2) is 11.5 Å². The molecule has 0 aliphatic rings. The van der Waals surface area contributed by atoms with Crippen LogP contribution in [0.25, 0.3) is 0 Å². The van der Waals surface area contributed by atoms with Crippen LogP contribution < -0.4 is 10.5 Å². The molecule has 1 heterocycles. The van der Waals surface area contributed by atoms with Gasteiger partial charge in [0, 0.05) is 25.9 Å². The third kappa shape index (κ3) is 3.85. The van der Waals surface area contributed by atoms with Crippen LogP contribution in [0.1, 0.15) is 26.0 Å². The molecule has 0 radical (unpaired) electrons. The fraction of sp³-hybridized carbons (Fsp3) is 0.545. The number of nitrogens with two attached hydrogens (primary N) is 1. The second kappa shape index (κ2) is 6.15. The molecule has 0 amide bonds. The van der Waals surface area contributed by atoms with Gasteiger partial charge in [-0.1, -0.05) is 5.16 Å². The second-order valence-electron chi connectivity index (χ2n) is 4.26. The SMILES string of the molecule is COC(C)(C)CCOc1nccnc1C(N)=NO. The van der Waals surface area contributed by atoms with Crippen LogP contribution in [0.4, 0.5) is 0 Å². The first-order valence-corrected chi connectivity index (χ1v) is 5.47. The van der Waals surface area contributed by atoms with Gasteiger partial charge in [0.2, 0.25) is 5.88 Å². The lowest BCUT2D eigenvalue weighted by molar-refractivity contribution is 0.00503. The topological polar surface area (TPSA) is 103 Å². The number of hydrogen-bond acceptors (Lipinski definition) is 6. The molecule has 0 spiro atoms. The lowest BCUT2D eigenvalue weighted by atomic mass is 10.1. The van der Waals surface area contributed by atoms with Crippen molar-refractivity contribution in [3.8, 4) is 5.88 Å². The van der Waals surface area contributed by atoms with Gasteiger partial charge < -0.3 is 20.4 Å². The smallest absolute Gasteiger partial charge is 0.243 e. The zero-order valence-corrected chi connectivity index (χ0v) is 10.8. The summed E-state index contributed by atoms with van der Waals surface area (Å²) in [5, 5.41) is 11.5. The lowest BCUT2D eigenvalue weighted by Crippen LogP contribution is -2.26. The van der Waals surface area contributed by atoms with Crippen LogP contribution >= 0.6 is 0 Å². The Hall–Kier alpha value is -1.89. The molecule has 18 heavy (non-hydrogen) atoms. The Morgan fingerprint density at radius 1 is 1.44 bits per heavy atom. The van der Waals surface area contributed by atoms with E-state index in [1.165, 1.54) is 12.4 Å². The molecule has 0 unspecified atom stereocenters. The number of ether oxygens (including phenoxy) is 2. The first kappa shape index (κ1) is 14.2. The largest absolute Gasteiger partial charge is 0.476 e. The van der Waals surface area contributed by atoms with Crippen molar-refractivity contribution in [2.24, 2.45) is 10.9 Å².